The van der Waals surface area contributed by atoms with Gasteiger partial charge in [-0.1, -0.05) is 12.1 Å². The molecule has 2 aliphatic rings. The third-order valence-electron chi connectivity index (χ3n) is 4.04. The van der Waals surface area contributed by atoms with Crippen LogP contribution in [0, 0.1) is 0 Å². The molecule has 1 atom stereocenters. The lowest BCUT2D eigenvalue weighted by molar-refractivity contribution is 0.213. The Morgan fingerprint density at radius 3 is 3.06 bits per heavy atom. The Labute approximate surface area is 109 Å². The fourth-order valence-corrected chi connectivity index (χ4v) is 2.92. The van der Waals surface area contributed by atoms with Gasteiger partial charge >= 0.3 is 0 Å². The van der Waals surface area contributed by atoms with Gasteiger partial charge in [0, 0.05) is 12.1 Å². The molecule has 1 fully saturated rings. The highest BCUT2D eigenvalue weighted by atomic mass is 16.5. The summed E-state index contributed by atoms with van der Waals surface area (Å²) in [6, 6.07) is 6.38. The van der Waals surface area contributed by atoms with Gasteiger partial charge in [0.1, 0.15) is 12.4 Å². The minimum Gasteiger partial charge on any atom is -0.490 e. The first kappa shape index (κ1) is 11.8. The van der Waals surface area contributed by atoms with Gasteiger partial charge in [-0.2, -0.15) is 0 Å². The Bertz CT molecular complexity index is 425. The number of hydrogen-bond donors (Lipinski definition) is 2. The van der Waals surface area contributed by atoms with Crippen molar-refractivity contribution in [2.45, 2.75) is 38.1 Å². The Morgan fingerprint density at radius 1 is 1.28 bits per heavy atom. The van der Waals surface area contributed by atoms with E-state index in [9.17, 15) is 0 Å². The van der Waals surface area contributed by atoms with Crippen molar-refractivity contribution in [3.63, 3.8) is 0 Å². The topological polar surface area (TPSA) is 33.3 Å². The van der Waals surface area contributed by atoms with Gasteiger partial charge in [0.15, 0.2) is 0 Å². The Hall–Kier alpha value is -1.22. The molecular formula is C15H22N2O. The summed E-state index contributed by atoms with van der Waals surface area (Å²) in [6.07, 6.45) is 4.84. The van der Waals surface area contributed by atoms with Crippen LogP contribution in [0.5, 0.6) is 5.75 Å². The summed E-state index contributed by atoms with van der Waals surface area (Å²) in [4.78, 5) is 0. The molecule has 1 aromatic carbocycles. The molecule has 3 rings (SSSR count). The predicted octanol–water partition coefficient (Wildman–Crippen LogP) is 2.57. The number of anilines is 1. The standard InChI is InChI=1S/C15H22N2O/c1-15(8-4-10-17-15)11-18-13-7-2-5-12-6-3-9-16-14(12)13/h2,5,7,16-17H,3-4,6,8-11H2,1H3. The third-order valence-corrected chi connectivity index (χ3v) is 4.04. The minimum atomic E-state index is 0.150. The highest BCUT2D eigenvalue weighted by molar-refractivity contribution is 5.63. The lowest BCUT2D eigenvalue weighted by Gasteiger charge is -2.27. The quantitative estimate of drug-likeness (QED) is 0.860. The zero-order valence-corrected chi connectivity index (χ0v) is 11.1. The molecule has 1 saturated heterocycles. The second kappa shape index (κ2) is 4.81. The van der Waals surface area contributed by atoms with Crippen LogP contribution in [0.25, 0.3) is 0 Å². The monoisotopic (exact) mass is 246 g/mol. The number of aryl methyl sites for hydroxylation is 1. The lowest BCUT2D eigenvalue weighted by Crippen LogP contribution is -2.42. The van der Waals surface area contributed by atoms with Crippen molar-refractivity contribution < 1.29 is 4.74 Å². The SMILES string of the molecule is CC1(COc2cccc3c2NCCC3)CCCN1. The van der Waals surface area contributed by atoms with E-state index in [2.05, 4.69) is 35.8 Å². The number of fused-ring (bicyclic) bond motifs is 1. The normalized spacial score (nSPS) is 26.5. The average molecular weight is 246 g/mol. The molecule has 0 spiro atoms. The van der Waals surface area contributed by atoms with Gasteiger partial charge in [-0.15, -0.1) is 0 Å². The molecule has 1 unspecified atom stereocenters. The van der Waals surface area contributed by atoms with Crippen molar-refractivity contribution in [3.8, 4) is 5.75 Å². The van der Waals surface area contributed by atoms with Crippen LogP contribution in [0.4, 0.5) is 5.69 Å². The van der Waals surface area contributed by atoms with E-state index in [1.54, 1.807) is 0 Å². The van der Waals surface area contributed by atoms with Crippen LogP contribution >= 0.6 is 0 Å². The van der Waals surface area contributed by atoms with Crippen LogP contribution in [0.1, 0.15) is 31.7 Å². The molecule has 3 nitrogen and oxygen atoms in total. The number of hydrogen-bond acceptors (Lipinski definition) is 3. The van der Waals surface area contributed by atoms with Gasteiger partial charge in [0.2, 0.25) is 0 Å². The molecule has 2 N–H and O–H groups in total. The first-order valence-corrected chi connectivity index (χ1v) is 7.00. The van der Waals surface area contributed by atoms with Gasteiger partial charge in [0.25, 0.3) is 0 Å². The molecule has 0 aromatic heterocycles. The van der Waals surface area contributed by atoms with Crippen molar-refractivity contribution in [1.82, 2.24) is 5.32 Å². The summed E-state index contributed by atoms with van der Waals surface area (Å²) >= 11 is 0. The van der Waals surface area contributed by atoms with Crippen LogP contribution < -0.4 is 15.4 Å². The van der Waals surface area contributed by atoms with E-state index in [1.165, 1.54) is 30.5 Å². The summed E-state index contributed by atoms with van der Waals surface area (Å²) in [5.41, 5.74) is 2.76. The lowest BCUT2D eigenvalue weighted by atomic mass is 10.0. The summed E-state index contributed by atoms with van der Waals surface area (Å²) in [5, 5.41) is 7.01. The summed E-state index contributed by atoms with van der Waals surface area (Å²) in [7, 11) is 0. The smallest absolute Gasteiger partial charge is 0.142 e. The number of para-hydroxylation sites is 1. The van der Waals surface area contributed by atoms with Crippen molar-refractivity contribution in [1.29, 1.82) is 0 Å². The van der Waals surface area contributed by atoms with Crippen LogP contribution in [-0.2, 0) is 6.42 Å². The highest BCUT2D eigenvalue weighted by Crippen LogP contribution is 2.33. The van der Waals surface area contributed by atoms with E-state index in [4.69, 9.17) is 4.74 Å². The van der Waals surface area contributed by atoms with E-state index in [1.807, 2.05) is 0 Å². The van der Waals surface area contributed by atoms with Crippen LogP contribution in [0.2, 0.25) is 0 Å². The summed E-state index contributed by atoms with van der Waals surface area (Å²) in [5.74, 6) is 1.02. The zero-order valence-electron chi connectivity index (χ0n) is 11.1. The molecular weight excluding hydrogens is 224 g/mol. The second-order valence-corrected chi connectivity index (χ2v) is 5.70. The maximum atomic E-state index is 6.07. The second-order valence-electron chi connectivity index (χ2n) is 5.70. The molecule has 0 amide bonds. The van der Waals surface area contributed by atoms with E-state index in [0.717, 1.165) is 31.9 Å². The van der Waals surface area contributed by atoms with E-state index in [0.29, 0.717) is 0 Å². The maximum absolute atomic E-state index is 6.07. The Balaban J connectivity index is 1.72. The molecule has 2 heterocycles. The van der Waals surface area contributed by atoms with Gasteiger partial charge in [0.05, 0.1) is 5.69 Å². The fourth-order valence-electron chi connectivity index (χ4n) is 2.92. The molecule has 98 valence electrons. The van der Waals surface area contributed by atoms with Crippen LogP contribution in [0.3, 0.4) is 0 Å². The van der Waals surface area contributed by atoms with Crippen molar-refractivity contribution in [2.75, 3.05) is 25.0 Å². The Morgan fingerprint density at radius 2 is 2.22 bits per heavy atom. The first-order chi connectivity index (χ1) is 8.77. The van der Waals surface area contributed by atoms with Crippen LogP contribution in [0.15, 0.2) is 18.2 Å². The fraction of sp³-hybridized carbons (Fsp3) is 0.600. The first-order valence-electron chi connectivity index (χ1n) is 7.00. The van der Waals surface area contributed by atoms with Gasteiger partial charge in [-0.05, 0) is 50.8 Å². The largest absolute Gasteiger partial charge is 0.490 e. The van der Waals surface area contributed by atoms with Crippen molar-refractivity contribution >= 4 is 5.69 Å². The van der Waals surface area contributed by atoms with Crippen molar-refractivity contribution in [3.05, 3.63) is 23.8 Å². The minimum absolute atomic E-state index is 0.150. The van der Waals surface area contributed by atoms with Gasteiger partial charge in [-0.3, -0.25) is 0 Å². The number of rotatable bonds is 3. The molecule has 3 heteroatoms. The van der Waals surface area contributed by atoms with Crippen LogP contribution in [-0.4, -0.2) is 25.2 Å². The zero-order chi connectivity index (χ0) is 12.4. The van der Waals surface area contributed by atoms with Gasteiger partial charge < -0.3 is 15.4 Å². The molecule has 1 aromatic rings. The molecule has 18 heavy (non-hydrogen) atoms. The molecule has 2 aliphatic heterocycles. The Kier molecular flexibility index (Phi) is 3.16. The summed E-state index contributed by atoms with van der Waals surface area (Å²) < 4.78 is 6.07. The molecule has 0 saturated carbocycles. The average Bonchev–Trinajstić information content (AvgIpc) is 2.84. The number of ether oxygens (including phenoxy) is 1. The number of benzene rings is 1. The highest BCUT2D eigenvalue weighted by Gasteiger charge is 2.29. The number of nitrogens with one attached hydrogen (secondary N) is 2. The molecule has 0 aliphatic carbocycles. The van der Waals surface area contributed by atoms with E-state index in [-0.39, 0.29) is 5.54 Å². The van der Waals surface area contributed by atoms with Crippen molar-refractivity contribution in [2.24, 2.45) is 0 Å². The van der Waals surface area contributed by atoms with Gasteiger partial charge in [-0.25, -0.2) is 0 Å². The summed E-state index contributed by atoms with van der Waals surface area (Å²) in [6.45, 7) is 5.18. The molecule has 0 radical (unpaired) electrons. The maximum Gasteiger partial charge on any atom is 0.142 e. The van der Waals surface area contributed by atoms with E-state index < -0.39 is 0 Å². The third kappa shape index (κ3) is 2.32. The predicted molar refractivity (Wildman–Crippen MR) is 74.4 cm³/mol. The molecule has 0 bridgehead atoms. The van der Waals surface area contributed by atoms with E-state index >= 15 is 0 Å².